The molecule has 0 unspecified atom stereocenters. The molecule has 0 saturated carbocycles. The molecule has 0 bridgehead atoms. The number of hydrogen-bond acceptors (Lipinski definition) is 5. The first kappa shape index (κ1) is 15.9. The van der Waals surface area contributed by atoms with Gasteiger partial charge in [-0.05, 0) is 31.2 Å². The normalized spacial score (nSPS) is 17.2. The van der Waals surface area contributed by atoms with Gasteiger partial charge in [0.05, 0.1) is 17.6 Å². The fraction of sp³-hybridized carbons (Fsp3) is 0.462. The molecule has 0 radical (unpaired) electrons. The SMILES string of the molecule is COC(=O)c1ccc(F)cc1S(=O)(=O)N1CCCNCC1. The minimum Gasteiger partial charge on any atom is -0.465 e. The van der Waals surface area contributed by atoms with E-state index in [1.807, 2.05) is 0 Å². The molecule has 0 amide bonds. The van der Waals surface area contributed by atoms with E-state index >= 15 is 0 Å². The maximum atomic E-state index is 13.4. The quantitative estimate of drug-likeness (QED) is 0.826. The first-order valence-electron chi connectivity index (χ1n) is 6.55. The fourth-order valence-corrected chi connectivity index (χ4v) is 3.86. The van der Waals surface area contributed by atoms with E-state index in [0.29, 0.717) is 19.5 Å². The molecule has 1 aliphatic heterocycles. The highest BCUT2D eigenvalue weighted by atomic mass is 32.2. The van der Waals surface area contributed by atoms with Gasteiger partial charge in [0.1, 0.15) is 5.82 Å². The Bertz CT molecular complexity index is 625. The molecule has 1 heterocycles. The van der Waals surface area contributed by atoms with Gasteiger partial charge in [-0.3, -0.25) is 0 Å². The van der Waals surface area contributed by atoms with Crippen LogP contribution in [0.4, 0.5) is 4.39 Å². The van der Waals surface area contributed by atoms with E-state index in [2.05, 4.69) is 10.1 Å². The van der Waals surface area contributed by atoms with Gasteiger partial charge in [0, 0.05) is 19.6 Å². The van der Waals surface area contributed by atoms with E-state index < -0.39 is 21.8 Å². The summed E-state index contributed by atoms with van der Waals surface area (Å²) in [5, 5.41) is 3.09. The van der Waals surface area contributed by atoms with Gasteiger partial charge in [-0.15, -0.1) is 0 Å². The Morgan fingerprint density at radius 1 is 1.33 bits per heavy atom. The van der Waals surface area contributed by atoms with E-state index in [0.717, 1.165) is 31.9 Å². The number of rotatable bonds is 3. The van der Waals surface area contributed by atoms with Crippen LogP contribution in [0.1, 0.15) is 16.8 Å². The van der Waals surface area contributed by atoms with Crippen LogP contribution in [-0.2, 0) is 14.8 Å². The van der Waals surface area contributed by atoms with E-state index in [1.165, 1.54) is 4.31 Å². The van der Waals surface area contributed by atoms with Crippen LogP contribution < -0.4 is 5.32 Å². The van der Waals surface area contributed by atoms with E-state index in [1.54, 1.807) is 0 Å². The second kappa shape index (κ2) is 6.50. The number of carbonyl (C=O) groups is 1. The van der Waals surface area contributed by atoms with Crippen LogP contribution in [0.25, 0.3) is 0 Å². The lowest BCUT2D eigenvalue weighted by atomic mass is 10.2. The molecule has 2 rings (SSSR count). The lowest BCUT2D eigenvalue weighted by Crippen LogP contribution is -2.35. The summed E-state index contributed by atoms with van der Waals surface area (Å²) in [6.45, 7) is 1.84. The lowest BCUT2D eigenvalue weighted by molar-refractivity contribution is 0.0596. The molecule has 0 aromatic heterocycles. The Kier molecular flexibility index (Phi) is 4.92. The van der Waals surface area contributed by atoms with E-state index in [-0.39, 0.29) is 17.0 Å². The van der Waals surface area contributed by atoms with Gasteiger partial charge in [0.25, 0.3) is 0 Å². The van der Waals surface area contributed by atoms with Gasteiger partial charge in [-0.1, -0.05) is 0 Å². The number of halogens is 1. The van der Waals surface area contributed by atoms with Crippen LogP contribution >= 0.6 is 0 Å². The van der Waals surface area contributed by atoms with Gasteiger partial charge in [0.15, 0.2) is 0 Å². The Labute approximate surface area is 122 Å². The maximum absolute atomic E-state index is 13.4. The number of methoxy groups -OCH3 is 1. The first-order valence-corrected chi connectivity index (χ1v) is 7.99. The monoisotopic (exact) mass is 316 g/mol. The Morgan fingerprint density at radius 3 is 2.81 bits per heavy atom. The highest BCUT2D eigenvalue weighted by Gasteiger charge is 2.30. The summed E-state index contributed by atoms with van der Waals surface area (Å²) < 4.78 is 44.6. The molecule has 0 atom stereocenters. The molecule has 1 N–H and O–H groups in total. The van der Waals surface area contributed by atoms with E-state index in [4.69, 9.17) is 0 Å². The summed E-state index contributed by atoms with van der Waals surface area (Å²) in [5.74, 6) is -1.52. The number of sulfonamides is 1. The molecule has 1 aromatic carbocycles. The standard InChI is InChI=1S/C13H17FN2O4S/c1-20-13(17)11-4-3-10(14)9-12(11)21(18,19)16-7-2-5-15-6-8-16/h3-4,9,15H,2,5-8H2,1H3. The third-order valence-corrected chi connectivity index (χ3v) is 5.20. The lowest BCUT2D eigenvalue weighted by Gasteiger charge is -2.21. The van der Waals surface area contributed by atoms with Crippen molar-refractivity contribution >= 4 is 16.0 Å². The van der Waals surface area contributed by atoms with Crippen molar-refractivity contribution < 1.29 is 22.3 Å². The number of esters is 1. The van der Waals surface area contributed by atoms with Crippen molar-refractivity contribution in [2.75, 3.05) is 33.3 Å². The summed E-state index contributed by atoms with van der Waals surface area (Å²) in [6, 6.07) is 3.03. The van der Waals surface area contributed by atoms with Gasteiger partial charge in [-0.2, -0.15) is 4.31 Å². The summed E-state index contributed by atoms with van der Waals surface area (Å²) in [4.78, 5) is 11.4. The van der Waals surface area contributed by atoms with Crippen molar-refractivity contribution in [3.8, 4) is 0 Å². The maximum Gasteiger partial charge on any atom is 0.339 e. The van der Waals surface area contributed by atoms with Crippen LogP contribution in [0.15, 0.2) is 23.1 Å². The summed E-state index contributed by atoms with van der Waals surface area (Å²) >= 11 is 0. The molecule has 0 aliphatic carbocycles. The first-order chi connectivity index (χ1) is 9.96. The second-order valence-corrected chi connectivity index (χ2v) is 6.55. The highest BCUT2D eigenvalue weighted by Crippen LogP contribution is 2.23. The molecule has 6 nitrogen and oxygen atoms in total. The molecule has 8 heteroatoms. The number of benzene rings is 1. The molecular formula is C13H17FN2O4S. The molecular weight excluding hydrogens is 299 g/mol. The van der Waals surface area contributed by atoms with Crippen molar-refractivity contribution in [2.24, 2.45) is 0 Å². The zero-order valence-electron chi connectivity index (χ0n) is 11.6. The Hall–Kier alpha value is -1.51. The zero-order chi connectivity index (χ0) is 15.5. The Morgan fingerprint density at radius 2 is 2.10 bits per heavy atom. The summed E-state index contributed by atoms with van der Waals surface area (Å²) in [5.41, 5.74) is -0.156. The van der Waals surface area contributed by atoms with Crippen molar-refractivity contribution in [2.45, 2.75) is 11.3 Å². The third-order valence-electron chi connectivity index (χ3n) is 3.27. The van der Waals surface area contributed by atoms with Gasteiger partial charge in [-0.25, -0.2) is 17.6 Å². The zero-order valence-corrected chi connectivity index (χ0v) is 12.5. The van der Waals surface area contributed by atoms with Crippen LogP contribution in [0.2, 0.25) is 0 Å². The second-order valence-electron chi connectivity index (χ2n) is 4.64. The van der Waals surface area contributed by atoms with Crippen LogP contribution in [-0.4, -0.2) is 52.0 Å². The van der Waals surface area contributed by atoms with Crippen molar-refractivity contribution in [1.29, 1.82) is 0 Å². The van der Waals surface area contributed by atoms with E-state index in [9.17, 15) is 17.6 Å². The van der Waals surface area contributed by atoms with Crippen molar-refractivity contribution in [1.82, 2.24) is 9.62 Å². The molecule has 21 heavy (non-hydrogen) atoms. The molecule has 1 fully saturated rings. The largest absolute Gasteiger partial charge is 0.465 e. The predicted molar refractivity (Wildman–Crippen MR) is 74.0 cm³/mol. The average molecular weight is 316 g/mol. The number of ether oxygens (including phenoxy) is 1. The van der Waals surface area contributed by atoms with Crippen molar-refractivity contribution in [3.63, 3.8) is 0 Å². The molecule has 0 spiro atoms. The molecule has 116 valence electrons. The van der Waals surface area contributed by atoms with Gasteiger partial charge < -0.3 is 10.1 Å². The summed E-state index contributed by atoms with van der Waals surface area (Å²) in [7, 11) is -2.79. The van der Waals surface area contributed by atoms with Crippen LogP contribution in [0.5, 0.6) is 0 Å². The minimum absolute atomic E-state index is 0.156. The minimum atomic E-state index is -3.94. The molecule has 1 aromatic rings. The van der Waals surface area contributed by atoms with Gasteiger partial charge >= 0.3 is 5.97 Å². The fourth-order valence-electron chi connectivity index (χ4n) is 2.19. The Balaban J connectivity index is 2.47. The van der Waals surface area contributed by atoms with Gasteiger partial charge in [0.2, 0.25) is 10.0 Å². The number of hydrogen-bond donors (Lipinski definition) is 1. The van der Waals surface area contributed by atoms with Crippen LogP contribution in [0, 0.1) is 5.82 Å². The summed E-state index contributed by atoms with van der Waals surface area (Å²) in [6.07, 6.45) is 0.655. The average Bonchev–Trinajstić information content (AvgIpc) is 2.76. The third kappa shape index (κ3) is 3.39. The van der Waals surface area contributed by atoms with Crippen LogP contribution in [0.3, 0.4) is 0 Å². The predicted octanol–water partition coefficient (Wildman–Crippen LogP) is 0.596. The number of carbonyl (C=O) groups excluding carboxylic acids is 1. The topological polar surface area (TPSA) is 75.7 Å². The smallest absolute Gasteiger partial charge is 0.339 e. The highest BCUT2D eigenvalue weighted by molar-refractivity contribution is 7.89. The van der Waals surface area contributed by atoms with Crippen molar-refractivity contribution in [3.05, 3.63) is 29.6 Å². The number of nitrogens with zero attached hydrogens (tertiary/aromatic N) is 1. The molecule has 1 saturated heterocycles. The molecule has 1 aliphatic rings. The number of nitrogens with one attached hydrogen (secondary N) is 1.